The van der Waals surface area contributed by atoms with E-state index < -0.39 is 32.1 Å². The standard InChI is InChI=1S/C33H35ClN5O6P/c1-20-21(2)31(39-30-29(37-33(39)34)22(3)35-19-36-30)44-28(20)18-43-46(41,45-27-16-10-14-25-13-8-9-15-26(25)27)38-23(4)32(40)42-17-24-11-6-5-7-12-24/h5-16,19-21,23,28,31H,17-18H2,1-4H3,(H,38,41)/t20?,21-,23-,28+,31+,46?/m0/s1. The van der Waals surface area contributed by atoms with Gasteiger partial charge in [-0.15, -0.1) is 0 Å². The predicted molar refractivity (Wildman–Crippen MR) is 174 cm³/mol. The molecular weight excluding hydrogens is 629 g/mol. The zero-order chi connectivity index (χ0) is 32.4. The molecule has 6 atom stereocenters. The summed E-state index contributed by atoms with van der Waals surface area (Å²) < 4.78 is 40.4. The van der Waals surface area contributed by atoms with Gasteiger partial charge in [-0.05, 0) is 48.4 Å². The number of esters is 1. The average Bonchev–Trinajstić information content (AvgIpc) is 3.54. The van der Waals surface area contributed by atoms with Gasteiger partial charge >= 0.3 is 13.7 Å². The summed E-state index contributed by atoms with van der Waals surface area (Å²) >= 11 is 6.57. The number of hydrogen-bond acceptors (Lipinski definition) is 9. The predicted octanol–water partition coefficient (Wildman–Crippen LogP) is 7.04. The van der Waals surface area contributed by atoms with Crippen molar-refractivity contribution < 1.29 is 27.9 Å². The Morgan fingerprint density at radius 1 is 1.04 bits per heavy atom. The second-order valence-electron chi connectivity index (χ2n) is 11.5. The van der Waals surface area contributed by atoms with Gasteiger partial charge in [0, 0.05) is 11.3 Å². The number of halogens is 1. The Morgan fingerprint density at radius 2 is 1.78 bits per heavy atom. The molecule has 11 nitrogen and oxygen atoms in total. The third kappa shape index (κ3) is 6.65. The minimum absolute atomic E-state index is 0.0306. The number of carbonyl (C=O) groups is 1. The summed E-state index contributed by atoms with van der Waals surface area (Å²) in [7, 11) is -4.18. The minimum atomic E-state index is -4.18. The Labute approximate surface area is 271 Å². The minimum Gasteiger partial charge on any atom is -0.460 e. The molecule has 2 unspecified atom stereocenters. The molecule has 13 heteroatoms. The van der Waals surface area contributed by atoms with E-state index in [2.05, 4.69) is 20.0 Å². The number of nitrogens with one attached hydrogen (secondary N) is 1. The highest BCUT2D eigenvalue weighted by atomic mass is 35.5. The van der Waals surface area contributed by atoms with Crippen molar-refractivity contribution in [2.24, 2.45) is 11.8 Å². The summed E-state index contributed by atoms with van der Waals surface area (Å²) in [5.74, 6) is -0.331. The first-order chi connectivity index (χ1) is 22.1. The van der Waals surface area contributed by atoms with E-state index in [1.54, 1.807) is 23.6 Å². The normalized spacial score (nSPS) is 21.7. The van der Waals surface area contributed by atoms with Crippen LogP contribution in [0.25, 0.3) is 21.9 Å². The third-order valence-corrected chi connectivity index (χ3v) is 10.3. The van der Waals surface area contributed by atoms with Crippen molar-refractivity contribution in [3.05, 3.63) is 95.7 Å². The third-order valence-electron chi connectivity index (χ3n) is 8.36. The lowest BCUT2D eigenvalue weighted by Gasteiger charge is -2.25. The number of benzene rings is 3. The summed E-state index contributed by atoms with van der Waals surface area (Å²) in [6.07, 6.45) is 0.464. The molecule has 240 valence electrons. The van der Waals surface area contributed by atoms with Gasteiger partial charge in [0.25, 0.3) is 0 Å². The van der Waals surface area contributed by atoms with Crippen LogP contribution in [0.15, 0.2) is 79.1 Å². The average molecular weight is 664 g/mol. The number of aromatic nitrogens is 4. The van der Waals surface area contributed by atoms with Crippen LogP contribution in [-0.4, -0.2) is 44.2 Å². The Morgan fingerprint density at radius 3 is 2.59 bits per heavy atom. The van der Waals surface area contributed by atoms with E-state index >= 15 is 0 Å². The van der Waals surface area contributed by atoms with E-state index in [1.165, 1.54) is 6.33 Å². The van der Waals surface area contributed by atoms with Gasteiger partial charge in [0.2, 0.25) is 5.28 Å². The fraction of sp³-hybridized carbons (Fsp3) is 0.333. The van der Waals surface area contributed by atoms with Gasteiger partial charge in [-0.3, -0.25) is 13.9 Å². The summed E-state index contributed by atoms with van der Waals surface area (Å²) in [5.41, 5.74) is 2.70. The van der Waals surface area contributed by atoms with Crippen molar-refractivity contribution in [2.45, 2.75) is 52.7 Å². The zero-order valence-electron chi connectivity index (χ0n) is 25.9. The molecule has 0 spiro atoms. The smallest absolute Gasteiger partial charge is 0.459 e. The highest BCUT2D eigenvalue weighted by Crippen LogP contribution is 2.49. The van der Waals surface area contributed by atoms with E-state index in [1.807, 2.05) is 81.4 Å². The maximum Gasteiger partial charge on any atom is 0.459 e. The van der Waals surface area contributed by atoms with Crippen LogP contribution >= 0.6 is 19.3 Å². The molecule has 0 aliphatic carbocycles. The van der Waals surface area contributed by atoms with Crippen molar-refractivity contribution in [1.82, 2.24) is 24.6 Å². The molecule has 0 amide bonds. The summed E-state index contributed by atoms with van der Waals surface area (Å²) in [5, 5.41) is 4.67. The van der Waals surface area contributed by atoms with Crippen molar-refractivity contribution in [3.8, 4) is 5.75 Å². The molecule has 3 heterocycles. The molecule has 3 aromatic carbocycles. The molecule has 46 heavy (non-hydrogen) atoms. The molecule has 1 aliphatic rings. The monoisotopic (exact) mass is 663 g/mol. The topological polar surface area (TPSA) is 127 Å². The van der Waals surface area contributed by atoms with E-state index in [-0.39, 0.29) is 30.3 Å². The second-order valence-corrected chi connectivity index (χ2v) is 13.5. The Hall–Kier alpha value is -3.86. The largest absolute Gasteiger partial charge is 0.460 e. The van der Waals surface area contributed by atoms with Gasteiger partial charge in [-0.25, -0.2) is 19.5 Å². The number of carbonyl (C=O) groups excluding carboxylic acids is 1. The molecule has 1 fully saturated rings. The number of hydrogen-bond donors (Lipinski definition) is 1. The molecule has 1 saturated heterocycles. The molecular formula is C33H35ClN5O6P. The first kappa shape index (κ1) is 32.1. The van der Waals surface area contributed by atoms with E-state index in [9.17, 15) is 9.36 Å². The lowest BCUT2D eigenvalue weighted by atomic mass is 9.93. The summed E-state index contributed by atoms with van der Waals surface area (Å²) in [6.45, 7) is 7.44. The Kier molecular flexibility index (Phi) is 9.40. The van der Waals surface area contributed by atoms with Crippen LogP contribution in [0, 0.1) is 18.8 Å². The van der Waals surface area contributed by atoms with Crippen molar-refractivity contribution in [2.75, 3.05) is 6.61 Å². The molecule has 6 rings (SSSR count). The fourth-order valence-corrected chi connectivity index (χ4v) is 7.32. The number of rotatable bonds is 11. The van der Waals surface area contributed by atoms with Gasteiger partial charge in [0.1, 0.15) is 36.5 Å². The molecule has 1 N–H and O–H groups in total. The molecule has 0 radical (unpaired) electrons. The van der Waals surface area contributed by atoms with Crippen LogP contribution < -0.4 is 9.61 Å². The summed E-state index contributed by atoms with van der Waals surface area (Å²) in [6, 6.07) is 21.3. The molecule has 5 aromatic rings. The second kappa shape index (κ2) is 13.5. The van der Waals surface area contributed by atoms with Crippen molar-refractivity contribution in [3.63, 3.8) is 0 Å². The van der Waals surface area contributed by atoms with E-state index in [0.29, 0.717) is 22.6 Å². The van der Waals surface area contributed by atoms with Crippen molar-refractivity contribution in [1.29, 1.82) is 0 Å². The number of nitrogens with zero attached hydrogens (tertiary/aromatic N) is 4. The molecule has 0 bridgehead atoms. The van der Waals surface area contributed by atoms with Gasteiger partial charge in [0.05, 0.1) is 18.4 Å². The Balaban J connectivity index is 1.22. The van der Waals surface area contributed by atoms with Crippen LogP contribution in [0.3, 0.4) is 0 Å². The zero-order valence-corrected chi connectivity index (χ0v) is 27.5. The maximum atomic E-state index is 14.5. The number of fused-ring (bicyclic) bond motifs is 2. The molecule has 2 aromatic heterocycles. The number of imidazole rings is 1. The highest BCUT2D eigenvalue weighted by molar-refractivity contribution is 7.52. The van der Waals surface area contributed by atoms with E-state index in [0.717, 1.165) is 16.3 Å². The first-order valence-electron chi connectivity index (χ1n) is 15.0. The van der Waals surface area contributed by atoms with Crippen molar-refractivity contribution >= 4 is 47.3 Å². The number of ether oxygens (including phenoxy) is 2. The van der Waals surface area contributed by atoms with Gasteiger partial charge in [-0.1, -0.05) is 80.6 Å². The first-order valence-corrected chi connectivity index (χ1v) is 17.0. The van der Waals surface area contributed by atoms with Crippen LogP contribution in [0.5, 0.6) is 5.75 Å². The van der Waals surface area contributed by atoms with Crippen LogP contribution in [0.4, 0.5) is 0 Å². The van der Waals surface area contributed by atoms with Crippen LogP contribution in [0.1, 0.15) is 38.3 Å². The lowest BCUT2D eigenvalue weighted by molar-refractivity contribution is -0.146. The highest BCUT2D eigenvalue weighted by Gasteiger charge is 2.44. The SMILES string of the molecule is Cc1ncnc2c1nc(Cl)n2[C@@H]1O[C@H](COP(=O)(N[C@@H](C)C(=O)OCc2ccccc2)Oc2cccc3ccccc23)C(C)[C@@H]1C. The quantitative estimate of drug-likeness (QED) is 0.0893. The fourth-order valence-electron chi connectivity index (χ4n) is 5.54. The Bertz CT molecular complexity index is 1900. The van der Waals surface area contributed by atoms with Gasteiger partial charge in [0.15, 0.2) is 5.65 Å². The number of aryl methyl sites for hydroxylation is 1. The maximum absolute atomic E-state index is 14.5. The molecule has 1 aliphatic heterocycles. The molecule has 0 saturated carbocycles. The summed E-state index contributed by atoms with van der Waals surface area (Å²) in [4.78, 5) is 26.1. The van der Waals surface area contributed by atoms with Gasteiger partial charge < -0.3 is 14.0 Å². The van der Waals surface area contributed by atoms with Gasteiger partial charge in [-0.2, -0.15) is 5.09 Å². The van der Waals surface area contributed by atoms with Crippen LogP contribution in [-0.2, 0) is 30.0 Å². The van der Waals surface area contributed by atoms with Crippen LogP contribution in [0.2, 0.25) is 5.28 Å². The lowest BCUT2D eigenvalue weighted by Crippen LogP contribution is -2.36. The van der Waals surface area contributed by atoms with E-state index in [4.69, 9.17) is 30.1 Å².